The molecule has 4 rings (SSSR count). The van der Waals surface area contributed by atoms with Crippen LogP contribution in [0.3, 0.4) is 0 Å². The van der Waals surface area contributed by atoms with Crippen LogP contribution in [0.15, 0.2) is 30.3 Å². The van der Waals surface area contributed by atoms with Crippen LogP contribution in [0.4, 0.5) is 0 Å². The molecule has 1 aromatic rings. The molecule has 6 heteroatoms. The molecular formula is C26H44N4O2. The van der Waals surface area contributed by atoms with Crippen LogP contribution in [0.5, 0.6) is 0 Å². The fraction of sp³-hybridized carbons (Fsp3) is 0.769. The quantitative estimate of drug-likeness (QED) is 0.658. The van der Waals surface area contributed by atoms with Crippen LogP contribution < -0.4 is 0 Å². The minimum Gasteiger partial charge on any atom is -0.390 e. The average Bonchev–Trinajstić information content (AvgIpc) is 2.79. The topological polar surface area (TPSA) is 42.4 Å². The largest absolute Gasteiger partial charge is 0.390 e. The zero-order chi connectivity index (χ0) is 22.4. The summed E-state index contributed by atoms with van der Waals surface area (Å²) in [7, 11) is 0. The Labute approximate surface area is 195 Å². The van der Waals surface area contributed by atoms with Crippen molar-refractivity contribution in [2.24, 2.45) is 5.41 Å². The van der Waals surface area contributed by atoms with E-state index in [0.717, 1.165) is 98.0 Å². The summed E-state index contributed by atoms with van der Waals surface area (Å²) in [4.78, 5) is 10.2. The van der Waals surface area contributed by atoms with Gasteiger partial charge in [-0.05, 0) is 30.4 Å². The van der Waals surface area contributed by atoms with Gasteiger partial charge in [0.1, 0.15) is 0 Å². The summed E-state index contributed by atoms with van der Waals surface area (Å²) in [5.41, 5.74) is 1.66. The van der Waals surface area contributed by atoms with Crippen molar-refractivity contribution in [3.63, 3.8) is 0 Å². The lowest BCUT2D eigenvalue weighted by molar-refractivity contribution is -0.0405. The molecule has 0 aliphatic carbocycles. The summed E-state index contributed by atoms with van der Waals surface area (Å²) in [5.74, 6) is 0. The smallest absolute Gasteiger partial charge is 0.0822 e. The normalized spacial score (nSPS) is 27.6. The van der Waals surface area contributed by atoms with E-state index >= 15 is 0 Å². The maximum atomic E-state index is 11.0. The highest BCUT2D eigenvalue weighted by atomic mass is 16.5. The molecule has 1 aromatic carbocycles. The van der Waals surface area contributed by atoms with Gasteiger partial charge in [0.25, 0.3) is 0 Å². The Morgan fingerprint density at radius 3 is 2.25 bits per heavy atom. The molecule has 0 bridgehead atoms. The second kappa shape index (κ2) is 11.4. The van der Waals surface area contributed by atoms with Crippen molar-refractivity contribution in [1.82, 2.24) is 19.6 Å². The third-order valence-corrected chi connectivity index (χ3v) is 7.47. The van der Waals surface area contributed by atoms with Gasteiger partial charge in [0, 0.05) is 71.5 Å². The van der Waals surface area contributed by atoms with Gasteiger partial charge in [0.2, 0.25) is 0 Å². The van der Waals surface area contributed by atoms with Gasteiger partial charge in [-0.15, -0.1) is 0 Å². The average molecular weight is 445 g/mol. The third-order valence-electron chi connectivity index (χ3n) is 7.47. The van der Waals surface area contributed by atoms with E-state index in [9.17, 15) is 5.11 Å². The first-order valence-corrected chi connectivity index (χ1v) is 12.7. The first kappa shape index (κ1) is 24.1. The minimum atomic E-state index is -0.237. The van der Waals surface area contributed by atoms with E-state index in [1.807, 2.05) is 0 Å². The zero-order valence-electron chi connectivity index (χ0n) is 20.3. The molecule has 0 aromatic heterocycles. The van der Waals surface area contributed by atoms with Crippen molar-refractivity contribution in [3.8, 4) is 0 Å². The number of ether oxygens (including phenoxy) is 1. The fourth-order valence-corrected chi connectivity index (χ4v) is 5.82. The van der Waals surface area contributed by atoms with Crippen molar-refractivity contribution in [2.75, 3.05) is 85.2 Å². The summed E-state index contributed by atoms with van der Waals surface area (Å²) in [6.07, 6.45) is 1.97. The molecule has 0 saturated carbocycles. The number of β-amino-alcohol motifs (C(OH)–C–C–N with tert-alkyl or cyclic N) is 1. The van der Waals surface area contributed by atoms with Gasteiger partial charge in [-0.25, -0.2) is 0 Å². The zero-order valence-corrected chi connectivity index (χ0v) is 20.3. The van der Waals surface area contributed by atoms with Crippen LogP contribution in [0.1, 0.15) is 25.8 Å². The molecule has 32 heavy (non-hydrogen) atoms. The molecule has 3 aliphatic heterocycles. The van der Waals surface area contributed by atoms with Crippen LogP contribution >= 0.6 is 0 Å². The summed E-state index contributed by atoms with van der Waals surface area (Å²) in [6.45, 7) is 18.2. The molecule has 3 fully saturated rings. The predicted octanol–water partition coefficient (Wildman–Crippen LogP) is 1.64. The van der Waals surface area contributed by atoms with Crippen molar-refractivity contribution in [1.29, 1.82) is 0 Å². The number of aliphatic hydroxyl groups excluding tert-OH is 1. The Hall–Kier alpha value is -1.02. The molecule has 3 heterocycles. The number of aliphatic hydroxyl groups is 1. The first-order valence-electron chi connectivity index (χ1n) is 12.7. The molecule has 3 aliphatic rings. The number of piperidine rings is 1. The number of morpholine rings is 1. The summed E-state index contributed by atoms with van der Waals surface area (Å²) >= 11 is 0. The highest BCUT2D eigenvalue weighted by molar-refractivity contribution is 5.14. The van der Waals surface area contributed by atoms with Gasteiger partial charge in [-0.2, -0.15) is 0 Å². The predicted molar refractivity (Wildman–Crippen MR) is 130 cm³/mol. The van der Waals surface area contributed by atoms with Gasteiger partial charge in [0.05, 0.1) is 19.3 Å². The highest BCUT2D eigenvalue weighted by Crippen LogP contribution is 2.25. The number of nitrogens with zero attached hydrogens (tertiary/aromatic N) is 4. The second-order valence-corrected chi connectivity index (χ2v) is 10.8. The number of rotatable bonds is 8. The van der Waals surface area contributed by atoms with E-state index < -0.39 is 0 Å². The Bertz CT molecular complexity index is 672. The van der Waals surface area contributed by atoms with Gasteiger partial charge in [0.15, 0.2) is 0 Å². The van der Waals surface area contributed by atoms with Crippen LogP contribution in [0, 0.1) is 5.41 Å². The minimum absolute atomic E-state index is 0.230. The molecule has 6 nitrogen and oxygen atoms in total. The van der Waals surface area contributed by atoms with Crippen LogP contribution in [0.25, 0.3) is 0 Å². The van der Waals surface area contributed by atoms with Crippen molar-refractivity contribution in [3.05, 3.63) is 35.9 Å². The lowest BCUT2D eigenvalue weighted by Gasteiger charge is -2.46. The van der Waals surface area contributed by atoms with Crippen molar-refractivity contribution in [2.45, 2.75) is 38.8 Å². The molecule has 0 spiro atoms. The summed E-state index contributed by atoms with van der Waals surface area (Å²) in [6, 6.07) is 11.1. The van der Waals surface area contributed by atoms with Crippen LogP contribution in [0.2, 0.25) is 0 Å². The highest BCUT2D eigenvalue weighted by Gasteiger charge is 2.35. The molecule has 1 N–H and O–H groups in total. The van der Waals surface area contributed by atoms with Gasteiger partial charge in [-0.1, -0.05) is 44.2 Å². The SMILES string of the molecule is CC(C)(CN1CCOCC1)CN1CC[C@@H](N2CCN(CCc3ccccc3)CC2)[C@H](O)C1. The molecule has 0 radical (unpaired) electrons. The van der Waals surface area contributed by atoms with Gasteiger partial charge in [-0.3, -0.25) is 9.80 Å². The number of benzene rings is 1. The fourth-order valence-electron chi connectivity index (χ4n) is 5.82. The lowest BCUT2D eigenvalue weighted by Crippen LogP contribution is -2.59. The van der Waals surface area contributed by atoms with E-state index in [1.54, 1.807) is 0 Å². The molecule has 0 amide bonds. The molecule has 3 saturated heterocycles. The maximum absolute atomic E-state index is 11.0. The third kappa shape index (κ3) is 6.99. The van der Waals surface area contributed by atoms with Crippen LogP contribution in [-0.4, -0.2) is 122 Å². The Balaban J connectivity index is 1.17. The number of piperazine rings is 1. The standard InChI is InChI=1S/C26H44N4O2/c1-26(2,21-28-16-18-32-19-17-28)22-29-11-9-24(25(31)20-29)30-14-12-27(13-15-30)10-8-23-6-4-3-5-7-23/h3-7,24-25,31H,8-22H2,1-2H3/t24-,25-/m1/s1. The van der Waals surface area contributed by atoms with E-state index in [4.69, 9.17) is 4.74 Å². The molecule has 2 atom stereocenters. The Kier molecular flexibility index (Phi) is 8.60. The van der Waals surface area contributed by atoms with E-state index in [0.29, 0.717) is 6.04 Å². The molecular weight excluding hydrogens is 400 g/mol. The Morgan fingerprint density at radius 1 is 0.875 bits per heavy atom. The van der Waals surface area contributed by atoms with E-state index in [-0.39, 0.29) is 11.5 Å². The second-order valence-electron chi connectivity index (χ2n) is 10.8. The van der Waals surface area contributed by atoms with Gasteiger partial charge < -0.3 is 19.6 Å². The van der Waals surface area contributed by atoms with Crippen molar-refractivity contribution >= 4 is 0 Å². The number of likely N-dealkylation sites (tertiary alicyclic amines) is 1. The van der Waals surface area contributed by atoms with Gasteiger partial charge >= 0.3 is 0 Å². The monoisotopic (exact) mass is 444 g/mol. The molecule has 180 valence electrons. The van der Waals surface area contributed by atoms with E-state index in [2.05, 4.69) is 63.8 Å². The summed E-state index contributed by atoms with van der Waals surface area (Å²) < 4.78 is 5.50. The lowest BCUT2D eigenvalue weighted by atomic mass is 9.89. The number of hydrogen-bond acceptors (Lipinski definition) is 6. The first-order chi connectivity index (χ1) is 15.5. The summed E-state index contributed by atoms with van der Waals surface area (Å²) in [5, 5.41) is 11.0. The van der Waals surface area contributed by atoms with Crippen LogP contribution in [-0.2, 0) is 11.2 Å². The van der Waals surface area contributed by atoms with E-state index in [1.165, 1.54) is 5.56 Å². The number of hydrogen-bond donors (Lipinski definition) is 1. The maximum Gasteiger partial charge on any atom is 0.0822 e. The molecule has 0 unspecified atom stereocenters. The Morgan fingerprint density at radius 2 is 1.56 bits per heavy atom. The van der Waals surface area contributed by atoms with Crippen molar-refractivity contribution < 1.29 is 9.84 Å².